The van der Waals surface area contributed by atoms with Gasteiger partial charge in [0.25, 0.3) is 0 Å². The second kappa shape index (κ2) is 4.64. The molecule has 0 bridgehead atoms. The topological polar surface area (TPSA) is 49.3 Å². The van der Waals surface area contributed by atoms with Crippen molar-refractivity contribution < 1.29 is 9.90 Å². The molecule has 0 heterocycles. The minimum Gasteiger partial charge on any atom is -0.480 e. The summed E-state index contributed by atoms with van der Waals surface area (Å²) in [5, 5.41) is 11.1. The highest BCUT2D eigenvalue weighted by Crippen LogP contribution is 1.88. The maximum absolute atomic E-state index is 10.1. The lowest BCUT2D eigenvalue weighted by molar-refractivity contribution is -0.138. The number of thioether (sulfide) groups is 1. The van der Waals surface area contributed by atoms with Gasteiger partial charge in [-0.15, -0.1) is 11.8 Å². The molecule has 0 aromatic carbocycles. The summed E-state index contributed by atoms with van der Waals surface area (Å²) in [6, 6.07) is -0.433. The van der Waals surface area contributed by atoms with Crippen molar-refractivity contribution in [1.82, 2.24) is 5.32 Å². The van der Waals surface area contributed by atoms with Gasteiger partial charge in [-0.25, -0.2) is 0 Å². The highest BCUT2D eigenvalue weighted by molar-refractivity contribution is 7.98. The molecule has 0 fully saturated rings. The van der Waals surface area contributed by atoms with Gasteiger partial charge in [0.05, 0.1) is 0 Å². The van der Waals surface area contributed by atoms with E-state index in [1.807, 2.05) is 6.26 Å². The standard InChI is InChI=1S/C5H11NO2S/c1-4(5(7)8)6-3-9-2/h4,6H,3H2,1-2H3,(H,7,8)/t4-/m1/s1. The molecule has 0 aliphatic carbocycles. The smallest absolute Gasteiger partial charge is 0.320 e. The molecule has 54 valence electrons. The number of aliphatic carboxylic acids is 1. The van der Waals surface area contributed by atoms with Crippen LogP contribution in [0.15, 0.2) is 0 Å². The third-order valence-corrected chi connectivity index (χ3v) is 1.36. The third kappa shape index (κ3) is 4.29. The van der Waals surface area contributed by atoms with Crippen molar-refractivity contribution in [2.75, 3.05) is 12.1 Å². The van der Waals surface area contributed by atoms with Gasteiger partial charge >= 0.3 is 5.97 Å². The zero-order valence-corrected chi connectivity index (χ0v) is 6.36. The Kier molecular flexibility index (Phi) is 4.53. The first-order valence-electron chi connectivity index (χ1n) is 2.63. The Morgan fingerprint density at radius 1 is 1.89 bits per heavy atom. The van der Waals surface area contributed by atoms with Gasteiger partial charge in [0, 0.05) is 5.88 Å². The average molecular weight is 149 g/mol. The molecule has 0 aromatic rings. The van der Waals surface area contributed by atoms with Crippen LogP contribution in [0.1, 0.15) is 6.92 Å². The molecule has 0 aliphatic rings. The molecular weight excluding hydrogens is 138 g/mol. The van der Waals surface area contributed by atoms with E-state index < -0.39 is 12.0 Å². The Balaban J connectivity index is 3.27. The summed E-state index contributed by atoms with van der Waals surface area (Å²) >= 11 is 1.57. The van der Waals surface area contributed by atoms with Crippen LogP contribution in [0.4, 0.5) is 0 Å². The fourth-order valence-electron chi connectivity index (χ4n) is 0.296. The summed E-state index contributed by atoms with van der Waals surface area (Å²) < 4.78 is 0. The Bertz CT molecular complexity index is 97.0. The molecule has 0 amide bonds. The first-order chi connectivity index (χ1) is 4.18. The number of carboxylic acid groups (broad SMARTS) is 1. The summed E-state index contributed by atoms with van der Waals surface area (Å²) in [7, 11) is 0. The van der Waals surface area contributed by atoms with E-state index in [-0.39, 0.29) is 0 Å². The number of carbonyl (C=O) groups is 1. The van der Waals surface area contributed by atoms with E-state index in [0.29, 0.717) is 5.88 Å². The van der Waals surface area contributed by atoms with Crippen molar-refractivity contribution >= 4 is 17.7 Å². The fraction of sp³-hybridized carbons (Fsp3) is 0.800. The fourth-order valence-corrected chi connectivity index (χ4v) is 0.712. The summed E-state index contributed by atoms with van der Waals surface area (Å²) in [5.74, 6) is -0.114. The monoisotopic (exact) mass is 149 g/mol. The summed E-state index contributed by atoms with van der Waals surface area (Å²) in [5.41, 5.74) is 0. The lowest BCUT2D eigenvalue weighted by atomic mass is 10.4. The Labute approximate surface area is 58.8 Å². The van der Waals surface area contributed by atoms with E-state index >= 15 is 0 Å². The zero-order valence-electron chi connectivity index (χ0n) is 5.55. The molecule has 0 saturated carbocycles. The third-order valence-electron chi connectivity index (χ3n) is 0.904. The van der Waals surface area contributed by atoms with Crippen molar-refractivity contribution in [1.29, 1.82) is 0 Å². The summed E-state index contributed by atoms with van der Waals surface area (Å²) in [4.78, 5) is 10.1. The maximum atomic E-state index is 10.1. The van der Waals surface area contributed by atoms with Gasteiger partial charge in [-0.3, -0.25) is 10.1 Å². The maximum Gasteiger partial charge on any atom is 0.320 e. The van der Waals surface area contributed by atoms with Crippen LogP contribution in [0.5, 0.6) is 0 Å². The van der Waals surface area contributed by atoms with Gasteiger partial charge in [-0.2, -0.15) is 0 Å². The molecule has 0 radical (unpaired) electrons. The van der Waals surface area contributed by atoms with E-state index in [1.165, 1.54) is 0 Å². The average Bonchev–Trinajstić information content (AvgIpc) is 1.82. The number of hydrogen-bond donors (Lipinski definition) is 2. The zero-order chi connectivity index (χ0) is 7.28. The molecule has 3 nitrogen and oxygen atoms in total. The van der Waals surface area contributed by atoms with Crippen LogP contribution in [0.25, 0.3) is 0 Å². The molecule has 0 spiro atoms. The molecule has 0 rings (SSSR count). The normalized spacial score (nSPS) is 13.1. The van der Waals surface area contributed by atoms with Crippen molar-refractivity contribution in [3.63, 3.8) is 0 Å². The van der Waals surface area contributed by atoms with Crippen LogP contribution in [-0.4, -0.2) is 29.3 Å². The Hall–Kier alpha value is -0.220. The highest BCUT2D eigenvalue weighted by atomic mass is 32.2. The first-order valence-corrected chi connectivity index (χ1v) is 4.03. The van der Waals surface area contributed by atoms with Gasteiger partial charge in [0.15, 0.2) is 0 Å². The van der Waals surface area contributed by atoms with Gasteiger partial charge < -0.3 is 5.11 Å². The Morgan fingerprint density at radius 2 is 2.44 bits per heavy atom. The van der Waals surface area contributed by atoms with Crippen LogP contribution in [0.2, 0.25) is 0 Å². The minimum absolute atomic E-state index is 0.433. The van der Waals surface area contributed by atoms with Crippen LogP contribution in [-0.2, 0) is 4.79 Å². The predicted octanol–water partition coefficient (Wildman–Crippen LogP) is 0.370. The minimum atomic E-state index is -0.802. The number of rotatable bonds is 4. The molecule has 4 heteroatoms. The molecule has 2 N–H and O–H groups in total. The molecule has 9 heavy (non-hydrogen) atoms. The molecular formula is C5H11NO2S. The van der Waals surface area contributed by atoms with E-state index in [0.717, 1.165) is 0 Å². The second-order valence-electron chi connectivity index (χ2n) is 1.70. The lowest BCUT2D eigenvalue weighted by Crippen LogP contribution is -2.33. The van der Waals surface area contributed by atoms with Gasteiger partial charge in [-0.1, -0.05) is 0 Å². The molecule has 0 aliphatic heterocycles. The van der Waals surface area contributed by atoms with E-state index in [4.69, 9.17) is 5.11 Å². The first kappa shape index (κ1) is 8.78. The molecule has 0 aromatic heterocycles. The van der Waals surface area contributed by atoms with Crippen molar-refractivity contribution in [2.45, 2.75) is 13.0 Å². The van der Waals surface area contributed by atoms with Crippen LogP contribution in [0, 0.1) is 0 Å². The largest absolute Gasteiger partial charge is 0.480 e. The summed E-state index contributed by atoms with van der Waals surface area (Å²) in [6.07, 6.45) is 1.92. The molecule has 0 unspecified atom stereocenters. The molecule has 0 saturated heterocycles. The quantitative estimate of drug-likeness (QED) is 0.567. The number of nitrogens with one attached hydrogen (secondary N) is 1. The number of carboxylic acids is 1. The SMILES string of the molecule is CSCN[C@H](C)C(=O)O. The molecule has 1 atom stereocenters. The predicted molar refractivity (Wildman–Crippen MR) is 38.6 cm³/mol. The van der Waals surface area contributed by atoms with E-state index in [9.17, 15) is 4.79 Å². The lowest BCUT2D eigenvalue weighted by Gasteiger charge is -2.05. The Morgan fingerprint density at radius 3 is 2.78 bits per heavy atom. The van der Waals surface area contributed by atoms with Gasteiger partial charge in [0.2, 0.25) is 0 Å². The highest BCUT2D eigenvalue weighted by Gasteiger charge is 2.07. The van der Waals surface area contributed by atoms with Gasteiger partial charge in [0.1, 0.15) is 6.04 Å². The van der Waals surface area contributed by atoms with Crippen LogP contribution >= 0.6 is 11.8 Å². The van der Waals surface area contributed by atoms with Crippen molar-refractivity contribution in [2.24, 2.45) is 0 Å². The van der Waals surface area contributed by atoms with Crippen LogP contribution in [0.3, 0.4) is 0 Å². The van der Waals surface area contributed by atoms with Crippen LogP contribution < -0.4 is 5.32 Å². The summed E-state index contributed by atoms with van der Waals surface area (Å²) in [6.45, 7) is 1.62. The second-order valence-corrected chi connectivity index (χ2v) is 2.56. The number of hydrogen-bond acceptors (Lipinski definition) is 3. The van der Waals surface area contributed by atoms with E-state index in [2.05, 4.69) is 5.32 Å². The van der Waals surface area contributed by atoms with Gasteiger partial charge in [-0.05, 0) is 13.2 Å². The van der Waals surface area contributed by atoms with Crippen molar-refractivity contribution in [3.05, 3.63) is 0 Å². The van der Waals surface area contributed by atoms with Crippen molar-refractivity contribution in [3.8, 4) is 0 Å². The van der Waals surface area contributed by atoms with E-state index in [1.54, 1.807) is 18.7 Å².